The zero-order valence-electron chi connectivity index (χ0n) is 16.3. The van der Waals surface area contributed by atoms with Crippen LogP contribution in [0.5, 0.6) is 0 Å². The third-order valence-corrected chi connectivity index (χ3v) is 6.28. The van der Waals surface area contributed by atoms with Crippen molar-refractivity contribution in [1.29, 1.82) is 0 Å². The van der Waals surface area contributed by atoms with E-state index in [0.717, 1.165) is 28.2 Å². The maximum Gasteiger partial charge on any atom is 0.322 e. The molecule has 3 rings (SSSR count). The second kappa shape index (κ2) is 7.75. The van der Waals surface area contributed by atoms with Gasteiger partial charge in [-0.2, -0.15) is 0 Å². The summed E-state index contributed by atoms with van der Waals surface area (Å²) < 4.78 is 37.6. The van der Waals surface area contributed by atoms with E-state index in [1.54, 1.807) is 13.8 Å². The Hall–Kier alpha value is -3.47. The van der Waals surface area contributed by atoms with Crippen LogP contribution in [0.3, 0.4) is 0 Å². The van der Waals surface area contributed by atoms with Crippen LogP contribution in [0.15, 0.2) is 47.2 Å². The first-order chi connectivity index (χ1) is 14.1. The number of benzene rings is 1. The SMILES string of the molecule is CCOC(=O)C1C(OC(C)=O)=C(C)c2ccn(S(=O)(=O)c3ccc([N+](=O)[O-])cc3)c21. The van der Waals surface area contributed by atoms with Crippen LogP contribution in [0.2, 0.25) is 0 Å². The first-order valence-corrected chi connectivity index (χ1v) is 10.3. The minimum atomic E-state index is -4.20. The van der Waals surface area contributed by atoms with Gasteiger partial charge in [0, 0.05) is 30.8 Å². The van der Waals surface area contributed by atoms with Crippen molar-refractivity contribution in [3.05, 3.63) is 63.7 Å². The first-order valence-electron chi connectivity index (χ1n) is 8.87. The molecule has 0 saturated heterocycles. The molecule has 0 aliphatic heterocycles. The van der Waals surface area contributed by atoms with Crippen LogP contribution in [-0.4, -0.2) is 35.9 Å². The number of hydrogen-bond donors (Lipinski definition) is 0. The number of rotatable bonds is 6. The highest BCUT2D eigenvalue weighted by atomic mass is 32.2. The first kappa shape index (κ1) is 21.2. The molecule has 2 aromatic rings. The van der Waals surface area contributed by atoms with Gasteiger partial charge in [-0.1, -0.05) is 0 Å². The molecule has 1 aromatic carbocycles. The highest BCUT2D eigenvalue weighted by Crippen LogP contribution is 2.44. The maximum absolute atomic E-state index is 13.2. The number of ether oxygens (including phenoxy) is 2. The average molecular weight is 434 g/mol. The van der Waals surface area contributed by atoms with E-state index in [-0.39, 0.29) is 28.6 Å². The predicted octanol–water partition coefficient (Wildman–Crippen LogP) is 2.59. The number of allylic oxidation sites excluding steroid dienone is 1. The molecule has 1 atom stereocenters. The van der Waals surface area contributed by atoms with Crippen molar-refractivity contribution in [1.82, 2.24) is 3.97 Å². The predicted molar refractivity (Wildman–Crippen MR) is 104 cm³/mol. The van der Waals surface area contributed by atoms with Crippen LogP contribution < -0.4 is 0 Å². The zero-order valence-corrected chi connectivity index (χ0v) is 17.1. The molecule has 0 amide bonds. The molecule has 0 saturated carbocycles. The lowest BCUT2D eigenvalue weighted by atomic mass is 10.1. The number of non-ortho nitro benzene ring substituents is 1. The molecule has 1 aliphatic carbocycles. The van der Waals surface area contributed by atoms with Gasteiger partial charge in [-0.3, -0.25) is 19.7 Å². The largest absolute Gasteiger partial charge is 0.465 e. The Bertz CT molecular complexity index is 1180. The van der Waals surface area contributed by atoms with Gasteiger partial charge in [-0.25, -0.2) is 12.4 Å². The molecule has 10 nitrogen and oxygen atoms in total. The molecular formula is C19H18N2O8S. The van der Waals surface area contributed by atoms with E-state index in [1.165, 1.54) is 19.2 Å². The third kappa shape index (κ3) is 3.47. The number of nitro benzene ring substituents is 1. The lowest BCUT2D eigenvalue weighted by molar-refractivity contribution is -0.384. The number of esters is 2. The van der Waals surface area contributed by atoms with Gasteiger partial charge in [0.1, 0.15) is 5.76 Å². The van der Waals surface area contributed by atoms with Crippen molar-refractivity contribution < 1.29 is 32.4 Å². The number of fused-ring (bicyclic) bond motifs is 1. The van der Waals surface area contributed by atoms with E-state index in [0.29, 0.717) is 11.1 Å². The van der Waals surface area contributed by atoms with Crippen LogP contribution in [0.25, 0.3) is 5.57 Å². The van der Waals surface area contributed by atoms with Crippen molar-refractivity contribution in [2.24, 2.45) is 0 Å². The quantitative estimate of drug-likeness (QED) is 0.385. The third-order valence-electron chi connectivity index (χ3n) is 4.58. The molecule has 158 valence electrons. The summed E-state index contributed by atoms with van der Waals surface area (Å²) in [6.07, 6.45) is 1.28. The van der Waals surface area contributed by atoms with Crippen molar-refractivity contribution in [3.63, 3.8) is 0 Å². The summed E-state index contributed by atoms with van der Waals surface area (Å²) in [7, 11) is -4.20. The lowest BCUT2D eigenvalue weighted by Crippen LogP contribution is -2.24. The molecule has 1 aromatic heterocycles. The average Bonchev–Trinajstić information content (AvgIpc) is 3.22. The second-order valence-corrected chi connectivity index (χ2v) is 8.25. The van der Waals surface area contributed by atoms with E-state index in [9.17, 15) is 28.1 Å². The van der Waals surface area contributed by atoms with E-state index >= 15 is 0 Å². The molecule has 1 aliphatic rings. The summed E-state index contributed by atoms with van der Waals surface area (Å²) in [5, 5.41) is 10.8. The van der Waals surface area contributed by atoms with E-state index in [4.69, 9.17) is 9.47 Å². The Balaban J connectivity index is 2.14. The molecule has 0 spiro atoms. The van der Waals surface area contributed by atoms with Gasteiger partial charge in [-0.15, -0.1) is 0 Å². The molecule has 0 fully saturated rings. The normalized spacial score (nSPS) is 15.6. The van der Waals surface area contributed by atoms with Gasteiger partial charge in [0.25, 0.3) is 15.7 Å². The molecule has 1 unspecified atom stereocenters. The number of nitrogens with zero attached hydrogens (tertiary/aromatic N) is 2. The lowest BCUT2D eigenvalue weighted by Gasteiger charge is -2.17. The standard InChI is InChI=1S/C19H18N2O8S/c1-4-28-19(23)16-17-15(11(2)18(16)29-12(3)22)9-10-20(17)30(26,27)14-7-5-13(6-8-14)21(24)25/h5-10,16H,4H2,1-3H3. The number of carbonyl (C=O) groups is 2. The summed E-state index contributed by atoms with van der Waals surface area (Å²) in [5.41, 5.74) is 0.692. The fraction of sp³-hybridized carbons (Fsp3) is 0.263. The second-order valence-electron chi connectivity index (χ2n) is 6.43. The summed E-state index contributed by atoms with van der Waals surface area (Å²) in [6, 6.07) is 5.87. The Morgan fingerprint density at radius 1 is 1.20 bits per heavy atom. The topological polar surface area (TPSA) is 135 Å². The van der Waals surface area contributed by atoms with Crippen molar-refractivity contribution in [2.75, 3.05) is 6.61 Å². The van der Waals surface area contributed by atoms with E-state index in [1.807, 2.05) is 0 Å². The maximum atomic E-state index is 13.2. The fourth-order valence-corrected chi connectivity index (χ4v) is 4.69. The molecule has 11 heteroatoms. The molecule has 1 heterocycles. The van der Waals surface area contributed by atoms with Gasteiger partial charge in [0.2, 0.25) is 0 Å². The summed E-state index contributed by atoms with van der Waals surface area (Å²) in [5.74, 6) is -2.65. The van der Waals surface area contributed by atoms with Gasteiger partial charge >= 0.3 is 11.9 Å². The van der Waals surface area contributed by atoms with Gasteiger partial charge in [0.05, 0.1) is 22.1 Å². The molecule has 0 bridgehead atoms. The molecule has 0 radical (unpaired) electrons. The minimum Gasteiger partial charge on any atom is -0.465 e. The Labute approximate surface area is 171 Å². The fourth-order valence-electron chi connectivity index (χ4n) is 3.30. The summed E-state index contributed by atoms with van der Waals surface area (Å²) >= 11 is 0. The van der Waals surface area contributed by atoms with Crippen LogP contribution in [0, 0.1) is 10.1 Å². The van der Waals surface area contributed by atoms with Crippen LogP contribution in [-0.2, 0) is 29.1 Å². The summed E-state index contributed by atoms with van der Waals surface area (Å²) in [4.78, 5) is 34.2. The molecule has 0 N–H and O–H groups in total. The van der Waals surface area contributed by atoms with E-state index in [2.05, 4.69) is 0 Å². The van der Waals surface area contributed by atoms with Gasteiger partial charge in [0.15, 0.2) is 5.92 Å². The Morgan fingerprint density at radius 3 is 2.37 bits per heavy atom. The van der Waals surface area contributed by atoms with Crippen LogP contribution in [0.4, 0.5) is 5.69 Å². The number of hydrogen-bond acceptors (Lipinski definition) is 8. The smallest absolute Gasteiger partial charge is 0.322 e. The highest BCUT2D eigenvalue weighted by molar-refractivity contribution is 7.90. The van der Waals surface area contributed by atoms with Crippen LogP contribution >= 0.6 is 0 Å². The zero-order chi connectivity index (χ0) is 22.2. The Morgan fingerprint density at radius 2 is 1.83 bits per heavy atom. The van der Waals surface area contributed by atoms with E-state index < -0.39 is 32.8 Å². The number of aromatic nitrogens is 1. The van der Waals surface area contributed by atoms with Gasteiger partial charge in [-0.05, 0) is 37.6 Å². The highest BCUT2D eigenvalue weighted by Gasteiger charge is 2.43. The number of nitro groups is 1. The van der Waals surface area contributed by atoms with Gasteiger partial charge < -0.3 is 9.47 Å². The molecular weight excluding hydrogens is 416 g/mol. The molecule has 30 heavy (non-hydrogen) atoms. The van der Waals surface area contributed by atoms with Crippen molar-refractivity contribution in [3.8, 4) is 0 Å². The van der Waals surface area contributed by atoms with Crippen molar-refractivity contribution >= 4 is 33.2 Å². The van der Waals surface area contributed by atoms with Crippen molar-refractivity contribution in [2.45, 2.75) is 31.6 Å². The van der Waals surface area contributed by atoms with Crippen LogP contribution in [0.1, 0.15) is 37.9 Å². The monoisotopic (exact) mass is 434 g/mol. The Kier molecular flexibility index (Phi) is 5.49. The minimum absolute atomic E-state index is 0.0131. The number of carbonyl (C=O) groups excluding carboxylic acids is 2. The summed E-state index contributed by atoms with van der Waals surface area (Å²) in [6.45, 7) is 4.43.